The fourth-order valence-corrected chi connectivity index (χ4v) is 5.86. The molecule has 158 valence electrons. The lowest BCUT2D eigenvalue weighted by atomic mass is 10.2. The Morgan fingerprint density at radius 1 is 1.27 bits per heavy atom. The predicted molar refractivity (Wildman–Crippen MR) is 117 cm³/mol. The van der Waals surface area contributed by atoms with E-state index in [-0.39, 0.29) is 16.5 Å². The van der Waals surface area contributed by atoms with Gasteiger partial charge in [-0.15, -0.1) is 0 Å². The Morgan fingerprint density at radius 2 is 2.03 bits per heavy atom. The van der Waals surface area contributed by atoms with Gasteiger partial charge in [-0.1, -0.05) is 6.92 Å². The molecule has 30 heavy (non-hydrogen) atoms. The van der Waals surface area contributed by atoms with Crippen molar-refractivity contribution in [1.29, 1.82) is 0 Å². The molecule has 2 aromatic carbocycles. The SMILES string of the molecule is CCCn1c(=O)oc2cc(NS(=O)(=O)c3cc4c(cc3Br)CCN4C(C)=O)ccc21. The minimum Gasteiger partial charge on any atom is -0.408 e. The van der Waals surface area contributed by atoms with E-state index < -0.39 is 15.8 Å². The number of carbonyl (C=O) groups excluding carboxylic acids is 1. The van der Waals surface area contributed by atoms with Crippen molar-refractivity contribution in [2.45, 2.75) is 38.1 Å². The molecule has 0 spiro atoms. The fraction of sp³-hybridized carbons (Fsp3) is 0.300. The lowest BCUT2D eigenvalue weighted by molar-refractivity contribution is -0.116. The average Bonchev–Trinajstić information content (AvgIpc) is 3.21. The summed E-state index contributed by atoms with van der Waals surface area (Å²) in [6.45, 7) is 4.46. The Kier molecular flexibility index (Phi) is 5.23. The second kappa shape index (κ2) is 7.59. The second-order valence-corrected chi connectivity index (χ2v) is 9.64. The average molecular weight is 494 g/mol. The molecule has 2 heterocycles. The summed E-state index contributed by atoms with van der Waals surface area (Å²) < 4.78 is 35.9. The van der Waals surface area contributed by atoms with E-state index in [1.165, 1.54) is 23.6 Å². The summed E-state index contributed by atoms with van der Waals surface area (Å²) in [4.78, 5) is 25.5. The molecule has 0 unspecified atom stereocenters. The van der Waals surface area contributed by atoms with Crippen molar-refractivity contribution in [2.24, 2.45) is 0 Å². The van der Waals surface area contributed by atoms with Crippen LogP contribution >= 0.6 is 15.9 Å². The maximum Gasteiger partial charge on any atom is 0.419 e. The van der Waals surface area contributed by atoms with Crippen molar-refractivity contribution < 1.29 is 17.6 Å². The summed E-state index contributed by atoms with van der Waals surface area (Å²) >= 11 is 3.34. The van der Waals surface area contributed by atoms with Crippen LogP contribution in [0.1, 0.15) is 25.8 Å². The van der Waals surface area contributed by atoms with Crippen molar-refractivity contribution >= 4 is 54.3 Å². The van der Waals surface area contributed by atoms with Crippen molar-refractivity contribution in [1.82, 2.24) is 4.57 Å². The third kappa shape index (κ3) is 3.54. The van der Waals surface area contributed by atoms with Crippen LogP contribution in [0.15, 0.2) is 48.9 Å². The van der Waals surface area contributed by atoms with Gasteiger partial charge in [-0.25, -0.2) is 13.2 Å². The van der Waals surface area contributed by atoms with Gasteiger partial charge in [-0.3, -0.25) is 14.1 Å². The Labute approximate surface area is 181 Å². The summed E-state index contributed by atoms with van der Waals surface area (Å²) in [6, 6.07) is 7.98. The minimum atomic E-state index is -3.96. The number of hydrogen-bond donors (Lipinski definition) is 1. The predicted octanol–water partition coefficient (Wildman–Crippen LogP) is 3.48. The molecule has 1 aromatic heterocycles. The van der Waals surface area contributed by atoms with Gasteiger partial charge < -0.3 is 9.32 Å². The van der Waals surface area contributed by atoms with E-state index in [0.717, 1.165) is 12.0 Å². The lowest BCUT2D eigenvalue weighted by Gasteiger charge is -2.17. The Morgan fingerprint density at radius 3 is 2.73 bits per heavy atom. The number of oxazole rings is 1. The number of aromatic nitrogens is 1. The molecule has 10 heteroatoms. The number of nitrogens with one attached hydrogen (secondary N) is 1. The number of halogens is 1. The van der Waals surface area contributed by atoms with E-state index >= 15 is 0 Å². The Hall–Kier alpha value is -2.59. The van der Waals surface area contributed by atoms with E-state index in [4.69, 9.17) is 4.42 Å². The van der Waals surface area contributed by atoms with E-state index in [1.807, 2.05) is 6.92 Å². The molecule has 8 nitrogen and oxygen atoms in total. The summed E-state index contributed by atoms with van der Waals surface area (Å²) in [5.74, 6) is -0.609. The van der Waals surface area contributed by atoms with Crippen molar-refractivity contribution in [3.63, 3.8) is 0 Å². The van der Waals surface area contributed by atoms with Gasteiger partial charge in [0.1, 0.15) is 4.90 Å². The van der Waals surface area contributed by atoms with Crippen LogP contribution in [0.5, 0.6) is 0 Å². The standard InChI is InChI=1S/C20H20BrN3O5S/c1-3-7-24-16-5-4-14(10-18(16)29-20(24)26)22-30(27,28)19-11-17-13(9-15(19)21)6-8-23(17)12(2)25/h4-5,9-11,22H,3,6-8H2,1-2H3. The van der Waals surface area contributed by atoms with E-state index in [9.17, 15) is 18.0 Å². The van der Waals surface area contributed by atoms with Crippen LogP contribution < -0.4 is 15.4 Å². The smallest absolute Gasteiger partial charge is 0.408 e. The normalized spacial score (nSPS) is 13.6. The Balaban J connectivity index is 1.71. The molecule has 0 saturated heterocycles. The highest BCUT2D eigenvalue weighted by Crippen LogP contribution is 2.36. The number of hydrogen-bond acceptors (Lipinski definition) is 5. The zero-order valence-electron chi connectivity index (χ0n) is 16.4. The Bertz CT molecular complexity index is 1330. The van der Waals surface area contributed by atoms with Crippen LogP contribution in [0, 0.1) is 0 Å². The number of sulfonamides is 1. The molecule has 0 bridgehead atoms. The van der Waals surface area contributed by atoms with Gasteiger partial charge in [-0.05, 0) is 58.6 Å². The van der Waals surface area contributed by atoms with Crippen LogP contribution in [0.2, 0.25) is 0 Å². The lowest BCUT2D eigenvalue weighted by Crippen LogP contribution is -2.26. The fourth-order valence-electron chi connectivity index (χ4n) is 3.70. The van der Waals surface area contributed by atoms with E-state index in [2.05, 4.69) is 20.7 Å². The molecule has 3 aromatic rings. The van der Waals surface area contributed by atoms with Crippen LogP contribution in [-0.2, 0) is 27.8 Å². The largest absolute Gasteiger partial charge is 0.419 e. The topological polar surface area (TPSA) is 102 Å². The van der Waals surface area contributed by atoms with Gasteiger partial charge >= 0.3 is 5.76 Å². The molecule has 0 fully saturated rings. The van der Waals surface area contributed by atoms with Gasteiger partial charge in [0.05, 0.1) is 11.2 Å². The molecule has 0 atom stereocenters. The van der Waals surface area contributed by atoms with Crippen molar-refractivity contribution in [2.75, 3.05) is 16.2 Å². The van der Waals surface area contributed by atoms with E-state index in [0.29, 0.717) is 40.8 Å². The maximum absolute atomic E-state index is 13.1. The molecule has 0 aliphatic carbocycles. The van der Waals surface area contributed by atoms with Crippen molar-refractivity contribution in [3.8, 4) is 0 Å². The van der Waals surface area contributed by atoms with Crippen LogP contribution in [0.25, 0.3) is 11.1 Å². The second-order valence-electron chi connectivity index (χ2n) is 7.14. The van der Waals surface area contributed by atoms with Crippen molar-refractivity contribution in [3.05, 3.63) is 50.9 Å². The summed E-state index contributed by atoms with van der Waals surface area (Å²) in [6.07, 6.45) is 1.44. The molecular weight excluding hydrogens is 474 g/mol. The third-order valence-corrected chi connectivity index (χ3v) is 7.41. The van der Waals surface area contributed by atoms with Gasteiger partial charge in [0.15, 0.2) is 5.58 Å². The molecule has 1 aliphatic heterocycles. The monoisotopic (exact) mass is 493 g/mol. The summed E-state index contributed by atoms with van der Waals surface area (Å²) in [5.41, 5.74) is 2.71. The number of fused-ring (bicyclic) bond motifs is 2. The first kappa shape index (κ1) is 20.7. The molecule has 1 aliphatic rings. The first-order chi connectivity index (χ1) is 14.2. The quantitative estimate of drug-likeness (QED) is 0.586. The number of amides is 1. The minimum absolute atomic E-state index is 0.0273. The highest BCUT2D eigenvalue weighted by atomic mass is 79.9. The molecule has 4 rings (SSSR count). The molecular formula is C20H20BrN3O5S. The van der Waals surface area contributed by atoms with Gasteiger partial charge in [0.25, 0.3) is 10.0 Å². The number of anilines is 2. The number of aryl methyl sites for hydroxylation is 1. The highest BCUT2D eigenvalue weighted by molar-refractivity contribution is 9.10. The first-order valence-electron chi connectivity index (χ1n) is 9.48. The van der Waals surface area contributed by atoms with E-state index in [1.54, 1.807) is 23.1 Å². The van der Waals surface area contributed by atoms with Gasteiger partial charge in [0.2, 0.25) is 5.91 Å². The van der Waals surface area contributed by atoms with Gasteiger partial charge in [-0.2, -0.15) is 0 Å². The van der Waals surface area contributed by atoms with Crippen LogP contribution in [0.3, 0.4) is 0 Å². The molecule has 0 radical (unpaired) electrons. The number of nitrogens with zero attached hydrogens (tertiary/aromatic N) is 2. The molecule has 1 N–H and O–H groups in total. The third-order valence-electron chi connectivity index (χ3n) is 5.07. The zero-order chi connectivity index (χ0) is 21.6. The van der Waals surface area contributed by atoms with Gasteiger partial charge in [0, 0.05) is 36.2 Å². The first-order valence-corrected chi connectivity index (χ1v) is 11.8. The summed E-state index contributed by atoms with van der Waals surface area (Å²) in [5, 5.41) is 0. The molecule has 0 saturated carbocycles. The maximum atomic E-state index is 13.1. The number of rotatable bonds is 5. The number of benzene rings is 2. The highest BCUT2D eigenvalue weighted by Gasteiger charge is 2.27. The molecule has 1 amide bonds. The summed E-state index contributed by atoms with van der Waals surface area (Å²) in [7, 11) is -3.96. The van der Waals surface area contributed by atoms with Crippen LogP contribution in [-0.4, -0.2) is 25.4 Å². The number of carbonyl (C=O) groups is 1. The zero-order valence-corrected chi connectivity index (χ0v) is 18.8. The van der Waals surface area contributed by atoms with Crippen LogP contribution in [0.4, 0.5) is 11.4 Å².